The third-order valence-electron chi connectivity index (χ3n) is 6.95. The smallest absolute Gasteiger partial charge is 0.338 e. The Morgan fingerprint density at radius 1 is 0.841 bits per heavy atom. The number of carbonyl (C=O) groups excluding carboxylic acids is 2. The van der Waals surface area contributed by atoms with Gasteiger partial charge in [-0.25, -0.2) is 4.79 Å². The predicted octanol–water partition coefficient (Wildman–Crippen LogP) is 7.51. The van der Waals surface area contributed by atoms with E-state index in [-0.39, 0.29) is 24.2 Å². The van der Waals surface area contributed by atoms with Gasteiger partial charge in [-0.15, -0.1) is 0 Å². The van der Waals surface area contributed by atoms with E-state index in [2.05, 4.69) is 28.9 Å². The number of ether oxygens (including phenoxy) is 3. The second kappa shape index (κ2) is 14.2. The average Bonchev–Trinajstić information content (AvgIpc) is 3.33. The molecule has 4 aromatic carbocycles. The maximum absolute atomic E-state index is 13.7. The van der Waals surface area contributed by atoms with Gasteiger partial charge < -0.3 is 19.1 Å². The molecule has 4 aromatic rings. The maximum Gasteiger partial charge on any atom is 0.338 e. The van der Waals surface area contributed by atoms with Crippen LogP contribution in [0.3, 0.4) is 0 Å². The van der Waals surface area contributed by atoms with Crippen LogP contribution < -0.4 is 9.64 Å². The number of nitrogens with zero attached hydrogens (tertiary/aromatic N) is 3. The minimum Gasteiger partial charge on any atom is -0.494 e. The molecule has 0 spiro atoms. The lowest BCUT2D eigenvalue weighted by molar-refractivity contribution is -0.123. The molecule has 5 rings (SSSR count). The van der Waals surface area contributed by atoms with Crippen molar-refractivity contribution in [2.24, 2.45) is 4.99 Å². The molecule has 0 N–H and O–H groups in total. The molecule has 1 heterocycles. The summed E-state index contributed by atoms with van der Waals surface area (Å²) in [4.78, 5) is 34.1. The lowest BCUT2D eigenvalue weighted by Gasteiger charge is -2.23. The first-order valence-corrected chi connectivity index (χ1v) is 14.7. The van der Waals surface area contributed by atoms with Crippen LogP contribution in [-0.4, -0.2) is 42.6 Å². The van der Waals surface area contributed by atoms with Crippen LogP contribution in [0, 0.1) is 0 Å². The molecule has 0 bridgehead atoms. The summed E-state index contributed by atoms with van der Waals surface area (Å²) in [6.45, 7) is 7.73. The highest BCUT2D eigenvalue weighted by molar-refractivity contribution is 6.11. The number of amides is 1. The van der Waals surface area contributed by atoms with Gasteiger partial charge in [0.25, 0.3) is 5.91 Å². The van der Waals surface area contributed by atoms with E-state index in [0.29, 0.717) is 24.5 Å². The molecule has 44 heavy (non-hydrogen) atoms. The number of anilines is 2. The molecule has 0 aromatic heterocycles. The minimum atomic E-state index is -0.404. The van der Waals surface area contributed by atoms with Gasteiger partial charge in [-0.1, -0.05) is 42.5 Å². The minimum absolute atomic E-state index is 0.150. The van der Waals surface area contributed by atoms with Crippen molar-refractivity contribution in [2.45, 2.75) is 27.3 Å². The van der Waals surface area contributed by atoms with Gasteiger partial charge in [0.05, 0.1) is 31.0 Å². The zero-order valence-corrected chi connectivity index (χ0v) is 25.1. The fraction of sp³-hybridized carbons (Fsp3) is 0.194. The van der Waals surface area contributed by atoms with Crippen molar-refractivity contribution in [2.75, 3.05) is 24.7 Å². The normalized spacial score (nSPS) is 14.5. The van der Waals surface area contributed by atoms with E-state index in [9.17, 15) is 9.59 Å². The Morgan fingerprint density at radius 2 is 1.52 bits per heavy atom. The van der Waals surface area contributed by atoms with Crippen LogP contribution in [0.4, 0.5) is 17.1 Å². The second-order valence-electron chi connectivity index (χ2n) is 9.91. The number of hydrogen-bond acceptors (Lipinski definition) is 7. The molecule has 1 aliphatic heterocycles. The largest absolute Gasteiger partial charge is 0.494 e. The molecule has 224 valence electrons. The van der Waals surface area contributed by atoms with Crippen LogP contribution >= 0.6 is 0 Å². The Hall–Kier alpha value is -5.37. The zero-order chi connectivity index (χ0) is 30.9. The number of rotatable bonds is 11. The number of hydrogen-bond donors (Lipinski definition) is 0. The second-order valence-corrected chi connectivity index (χ2v) is 9.91. The van der Waals surface area contributed by atoms with Gasteiger partial charge in [-0.05, 0) is 98.6 Å². The van der Waals surface area contributed by atoms with Crippen molar-refractivity contribution in [3.05, 3.63) is 126 Å². The molecule has 0 aliphatic carbocycles. The number of benzene rings is 4. The summed E-state index contributed by atoms with van der Waals surface area (Å²) < 4.78 is 16.7. The Labute approximate surface area is 257 Å². The van der Waals surface area contributed by atoms with E-state index in [1.807, 2.05) is 73.7 Å². The SMILES string of the molecule is CCOC(=O)c1ccc(N=C2O/C(=C/c3ccc(N(CC)c4ccccc4)cc3)C(=O)N2Cc2ccc(OCC)cc2)cc1. The Morgan fingerprint density at radius 3 is 2.16 bits per heavy atom. The lowest BCUT2D eigenvalue weighted by Crippen LogP contribution is -2.29. The average molecular weight is 590 g/mol. The molecule has 1 saturated heterocycles. The third kappa shape index (κ3) is 7.15. The van der Waals surface area contributed by atoms with Gasteiger partial charge in [-0.3, -0.25) is 9.69 Å². The number of carbonyl (C=O) groups is 2. The Kier molecular flexibility index (Phi) is 9.71. The summed E-state index contributed by atoms with van der Waals surface area (Å²) in [5.74, 6) is 0.220. The summed E-state index contributed by atoms with van der Waals surface area (Å²) in [5.41, 5.74) is 4.82. The summed E-state index contributed by atoms with van der Waals surface area (Å²) in [7, 11) is 0. The van der Waals surface area contributed by atoms with Crippen LogP contribution in [0.5, 0.6) is 5.75 Å². The van der Waals surface area contributed by atoms with E-state index in [0.717, 1.165) is 34.8 Å². The molecule has 0 radical (unpaired) electrons. The Balaban J connectivity index is 1.41. The van der Waals surface area contributed by atoms with Crippen LogP contribution in [0.1, 0.15) is 42.3 Å². The number of aliphatic imine (C=N–C) groups is 1. The number of para-hydroxylation sites is 1. The van der Waals surface area contributed by atoms with E-state index in [1.54, 1.807) is 37.3 Å². The predicted molar refractivity (Wildman–Crippen MR) is 172 cm³/mol. The molecule has 1 fully saturated rings. The highest BCUT2D eigenvalue weighted by Crippen LogP contribution is 2.28. The van der Waals surface area contributed by atoms with Crippen molar-refractivity contribution in [1.29, 1.82) is 0 Å². The topological polar surface area (TPSA) is 80.7 Å². The first-order chi connectivity index (χ1) is 21.5. The molecular formula is C36H35N3O5. The van der Waals surface area contributed by atoms with E-state index in [1.165, 1.54) is 4.90 Å². The van der Waals surface area contributed by atoms with Crippen molar-refractivity contribution in [1.82, 2.24) is 4.90 Å². The molecule has 8 heteroatoms. The van der Waals surface area contributed by atoms with Crippen LogP contribution in [0.25, 0.3) is 6.08 Å². The standard InChI is InChI=1S/C36H35N3O5/c1-4-38(30-10-8-7-9-11-30)31-20-12-26(13-21-31)24-33-34(40)39(25-27-14-22-32(23-15-27)42-5-2)36(44-33)37-29-18-16-28(17-19-29)35(41)43-6-3/h7-24H,4-6,25H2,1-3H3/b33-24+,37-36?. The molecule has 0 unspecified atom stereocenters. The van der Waals surface area contributed by atoms with Gasteiger partial charge in [0.1, 0.15) is 5.75 Å². The van der Waals surface area contributed by atoms with Gasteiger partial charge in [0.15, 0.2) is 5.76 Å². The fourth-order valence-electron chi connectivity index (χ4n) is 4.79. The first kappa shape index (κ1) is 30.1. The molecule has 0 atom stereocenters. The van der Waals surface area contributed by atoms with Crippen LogP contribution in [-0.2, 0) is 20.8 Å². The van der Waals surface area contributed by atoms with Gasteiger partial charge in [-0.2, -0.15) is 4.99 Å². The highest BCUT2D eigenvalue weighted by atomic mass is 16.5. The highest BCUT2D eigenvalue weighted by Gasteiger charge is 2.35. The summed E-state index contributed by atoms with van der Waals surface area (Å²) >= 11 is 0. The van der Waals surface area contributed by atoms with Crippen LogP contribution in [0.15, 0.2) is 114 Å². The summed E-state index contributed by atoms with van der Waals surface area (Å²) in [5, 5.41) is 0. The molecule has 8 nitrogen and oxygen atoms in total. The van der Waals surface area contributed by atoms with Gasteiger partial charge in [0, 0.05) is 17.9 Å². The van der Waals surface area contributed by atoms with Crippen molar-refractivity contribution < 1.29 is 23.8 Å². The number of esters is 1. The van der Waals surface area contributed by atoms with Crippen molar-refractivity contribution in [3.63, 3.8) is 0 Å². The first-order valence-electron chi connectivity index (χ1n) is 14.7. The van der Waals surface area contributed by atoms with E-state index >= 15 is 0 Å². The summed E-state index contributed by atoms with van der Waals surface area (Å²) in [6.07, 6.45) is 1.72. The van der Waals surface area contributed by atoms with E-state index < -0.39 is 5.97 Å². The van der Waals surface area contributed by atoms with Gasteiger partial charge in [0.2, 0.25) is 0 Å². The molecule has 1 aliphatic rings. The quantitative estimate of drug-likeness (QED) is 0.133. The fourth-order valence-corrected chi connectivity index (χ4v) is 4.79. The lowest BCUT2D eigenvalue weighted by atomic mass is 10.1. The monoisotopic (exact) mass is 589 g/mol. The van der Waals surface area contributed by atoms with Crippen molar-refractivity contribution >= 4 is 41.0 Å². The summed E-state index contributed by atoms with van der Waals surface area (Å²) in [6, 6.07) is 32.6. The van der Waals surface area contributed by atoms with Crippen LogP contribution in [0.2, 0.25) is 0 Å². The van der Waals surface area contributed by atoms with Crippen molar-refractivity contribution in [3.8, 4) is 5.75 Å². The third-order valence-corrected chi connectivity index (χ3v) is 6.95. The molecule has 1 amide bonds. The molecular weight excluding hydrogens is 554 g/mol. The maximum atomic E-state index is 13.7. The van der Waals surface area contributed by atoms with Gasteiger partial charge >= 0.3 is 12.0 Å². The Bertz CT molecular complexity index is 1630. The number of amidine groups is 1. The zero-order valence-electron chi connectivity index (χ0n) is 25.1. The molecule has 0 saturated carbocycles. The van der Waals surface area contributed by atoms with E-state index in [4.69, 9.17) is 14.2 Å².